The van der Waals surface area contributed by atoms with Gasteiger partial charge in [0.1, 0.15) is 0 Å². The number of benzene rings is 1. The summed E-state index contributed by atoms with van der Waals surface area (Å²) in [5, 5.41) is 0. The fraction of sp³-hybridized carbons (Fsp3) is 0.500. The minimum Gasteiger partial charge on any atom is -0.176 e. The molecule has 0 aliphatic rings. The van der Waals surface area contributed by atoms with Crippen molar-refractivity contribution < 1.29 is 21.1 Å². The van der Waals surface area contributed by atoms with E-state index in [0.717, 1.165) is 0 Å². The van der Waals surface area contributed by atoms with Crippen LogP contribution in [0.4, 0.5) is 0 Å². The van der Waals surface area contributed by atoms with Crippen LogP contribution in [0.5, 0.6) is 0 Å². The average molecular weight is 257 g/mol. The second-order valence-electron chi connectivity index (χ2n) is 3.87. The Labute approximate surface area is 96.0 Å². The third-order valence-electron chi connectivity index (χ3n) is 2.08. The number of hydrogen-bond acceptors (Lipinski definition) is 0. The molecule has 1 aromatic carbocycles. The van der Waals surface area contributed by atoms with Gasteiger partial charge >= 0.3 is 0 Å². The van der Waals surface area contributed by atoms with E-state index in [4.69, 9.17) is 0 Å². The van der Waals surface area contributed by atoms with Crippen molar-refractivity contribution in [3.8, 4) is 0 Å². The first-order valence-corrected chi connectivity index (χ1v) is 4.63. The van der Waals surface area contributed by atoms with Crippen LogP contribution >= 0.6 is 0 Å². The van der Waals surface area contributed by atoms with Gasteiger partial charge in [-0.15, -0.1) is 0 Å². The van der Waals surface area contributed by atoms with Crippen LogP contribution in [0.25, 0.3) is 0 Å². The molecule has 0 heterocycles. The summed E-state index contributed by atoms with van der Waals surface area (Å²) in [7, 11) is 0. The van der Waals surface area contributed by atoms with Crippen molar-refractivity contribution in [2.45, 2.75) is 39.5 Å². The first-order chi connectivity index (χ1) is 5.61. The Bertz CT molecular complexity index is 228. The van der Waals surface area contributed by atoms with Crippen LogP contribution in [-0.4, -0.2) is 0 Å². The molecular formula is C12H17Mo-. The van der Waals surface area contributed by atoms with E-state index in [9.17, 15) is 0 Å². The summed E-state index contributed by atoms with van der Waals surface area (Å²) in [5.74, 6) is 1.17. The van der Waals surface area contributed by atoms with E-state index in [1.54, 1.807) is 0 Å². The average Bonchev–Trinajstić information content (AvgIpc) is 2.04. The van der Waals surface area contributed by atoms with E-state index in [1.165, 1.54) is 11.1 Å². The van der Waals surface area contributed by atoms with Crippen molar-refractivity contribution in [1.29, 1.82) is 0 Å². The minimum atomic E-state index is 0. The van der Waals surface area contributed by atoms with Crippen molar-refractivity contribution >= 4 is 0 Å². The molecule has 1 heteroatoms. The third-order valence-corrected chi connectivity index (χ3v) is 2.08. The Morgan fingerprint density at radius 1 is 0.923 bits per heavy atom. The molecule has 0 spiro atoms. The molecule has 0 radical (unpaired) electrons. The van der Waals surface area contributed by atoms with Gasteiger partial charge in [0.15, 0.2) is 0 Å². The molecule has 1 rings (SSSR count). The molecule has 13 heavy (non-hydrogen) atoms. The number of rotatable bonds is 2. The van der Waals surface area contributed by atoms with Gasteiger partial charge < -0.3 is 0 Å². The Kier molecular flexibility index (Phi) is 5.56. The Hall–Kier alpha value is -0.0917. The summed E-state index contributed by atoms with van der Waals surface area (Å²) in [6.45, 7) is 8.82. The standard InChI is InChI=1S/C12H17.Mo/c1-9(2)11-6-5-7-12(8-11)10(3)4;/h5-7,9-10H,1-4H3;/q-1;. The maximum atomic E-state index is 3.44. The SMILES string of the molecule is CC(C)c1[c-]c(C(C)C)ccc1.[Mo]. The maximum Gasteiger partial charge on any atom is 0 e. The van der Waals surface area contributed by atoms with Crippen LogP contribution in [0.2, 0.25) is 0 Å². The van der Waals surface area contributed by atoms with Crippen LogP contribution in [0.15, 0.2) is 18.2 Å². The van der Waals surface area contributed by atoms with Crippen LogP contribution < -0.4 is 0 Å². The molecule has 72 valence electrons. The molecule has 0 aromatic heterocycles. The van der Waals surface area contributed by atoms with Crippen LogP contribution in [0.3, 0.4) is 0 Å². The van der Waals surface area contributed by atoms with Crippen molar-refractivity contribution in [1.82, 2.24) is 0 Å². The first kappa shape index (κ1) is 12.9. The van der Waals surface area contributed by atoms with Gasteiger partial charge in [0.05, 0.1) is 0 Å². The second kappa shape index (κ2) is 5.60. The Balaban J connectivity index is 0.00000144. The first-order valence-electron chi connectivity index (χ1n) is 4.63. The molecule has 0 atom stereocenters. The molecule has 0 amide bonds. The quantitative estimate of drug-likeness (QED) is 0.559. The summed E-state index contributed by atoms with van der Waals surface area (Å²) in [6.07, 6.45) is 0. The van der Waals surface area contributed by atoms with Crippen molar-refractivity contribution in [2.75, 3.05) is 0 Å². The van der Waals surface area contributed by atoms with E-state index in [1.807, 2.05) is 0 Å². The molecule has 0 nitrogen and oxygen atoms in total. The molecule has 0 aliphatic heterocycles. The Morgan fingerprint density at radius 2 is 1.31 bits per heavy atom. The van der Waals surface area contributed by atoms with Gasteiger partial charge in [-0.1, -0.05) is 27.7 Å². The predicted molar refractivity (Wildman–Crippen MR) is 53.5 cm³/mol. The molecule has 1 aromatic rings. The zero-order chi connectivity index (χ0) is 9.14. The minimum absolute atomic E-state index is 0. The summed E-state index contributed by atoms with van der Waals surface area (Å²) >= 11 is 0. The van der Waals surface area contributed by atoms with Gasteiger partial charge in [-0.3, -0.25) is 0 Å². The fourth-order valence-electron chi connectivity index (χ4n) is 1.18. The molecule has 0 bridgehead atoms. The fourth-order valence-corrected chi connectivity index (χ4v) is 1.18. The van der Waals surface area contributed by atoms with E-state index < -0.39 is 0 Å². The summed E-state index contributed by atoms with van der Waals surface area (Å²) < 4.78 is 0. The Morgan fingerprint density at radius 3 is 1.62 bits per heavy atom. The van der Waals surface area contributed by atoms with Crippen molar-refractivity contribution in [2.24, 2.45) is 0 Å². The van der Waals surface area contributed by atoms with Crippen molar-refractivity contribution in [3.05, 3.63) is 35.4 Å². The van der Waals surface area contributed by atoms with Gasteiger partial charge in [-0.25, -0.2) is 0 Å². The van der Waals surface area contributed by atoms with Gasteiger partial charge in [0.2, 0.25) is 0 Å². The van der Waals surface area contributed by atoms with Crippen LogP contribution in [-0.2, 0) is 21.1 Å². The predicted octanol–water partition coefficient (Wildman–Crippen LogP) is 3.73. The van der Waals surface area contributed by atoms with Crippen molar-refractivity contribution in [3.63, 3.8) is 0 Å². The second-order valence-corrected chi connectivity index (χ2v) is 3.87. The largest absolute Gasteiger partial charge is 0.176 e. The zero-order valence-electron chi connectivity index (χ0n) is 8.79. The van der Waals surface area contributed by atoms with E-state index in [2.05, 4.69) is 52.0 Å². The molecule has 0 saturated heterocycles. The normalized spacial score (nSPS) is 10.3. The third kappa shape index (κ3) is 3.65. The summed E-state index contributed by atoms with van der Waals surface area (Å²) in [5.41, 5.74) is 2.64. The van der Waals surface area contributed by atoms with Crippen LogP contribution in [0, 0.1) is 6.07 Å². The molecule has 0 N–H and O–H groups in total. The van der Waals surface area contributed by atoms with Gasteiger partial charge in [-0.05, 0) is 11.8 Å². The molecule has 0 fully saturated rings. The smallest absolute Gasteiger partial charge is 0 e. The zero-order valence-corrected chi connectivity index (χ0v) is 10.8. The molecular weight excluding hydrogens is 240 g/mol. The maximum absolute atomic E-state index is 3.44. The molecule has 0 unspecified atom stereocenters. The monoisotopic (exact) mass is 259 g/mol. The van der Waals surface area contributed by atoms with E-state index in [-0.39, 0.29) is 21.1 Å². The van der Waals surface area contributed by atoms with E-state index in [0.29, 0.717) is 11.8 Å². The molecule has 0 saturated carbocycles. The van der Waals surface area contributed by atoms with Gasteiger partial charge in [0, 0.05) is 21.1 Å². The molecule has 0 aliphatic carbocycles. The van der Waals surface area contributed by atoms with Gasteiger partial charge in [0.25, 0.3) is 0 Å². The summed E-state index contributed by atoms with van der Waals surface area (Å²) in [6, 6.07) is 9.87. The topological polar surface area (TPSA) is 0 Å². The van der Waals surface area contributed by atoms with Gasteiger partial charge in [-0.2, -0.15) is 35.4 Å². The summed E-state index contributed by atoms with van der Waals surface area (Å²) in [4.78, 5) is 0. The van der Waals surface area contributed by atoms with E-state index >= 15 is 0 Å². The van der Waals surface area contributed by atoms with Crippen LogP contribution in [0.1, 0.15) is 50.7 Å². The number of hydrogen-bond donors (Lipinski definition) is 0.